The molecule has 10 heteroatoms. The summed E-state index contributed by atoms with van der Waals surface area (Å²) in [6.45, 7) is 0.528. The van der Waals surface area contributed by atoms with Crippen molar-refractivity contribution in [3.8, 4) is 11.1 Å². The van der Waals surface area contributed by atoms with E-state index in [0.29, 0.717) is 36.4 Å². The minimum absolute atomic E-state index is 0.172. The van der Waals surface area contributed by atoms with Crippen molar-refractivity contribution >= 4 is 23.2 Å². The fourth-order valence-electron chi connectivity index (χ4n) is 2.72. The van der Waals surface area contributed by atoms with Crippen LogP contribution < -0.4 is 16.8 Å². The molecule has 0 bridgehead atoms. The van der Waals surface area contributed by atoms with Gasteiger partial charge in [0.25, 0.3) is 0 Å². The number of carbonyl (C=O) groups excluding carboxylic acids is 1. The normalized spacial score (nSPS) is 11.7. The number of unbranched alkanes of at least 4 members (excludes halogenated alkanes) is 1. The number of imidazole rings is 1. The molecule has 3 aromatic heterocycles. The van der Waals surface area contributed by atoms with Gasteiger partial charge in [0.2, 0.25) is 5.91 Å². The third-order valence-corrected chi connectivity index (χ3v) is 4.13. The molecule has 0 aromatic carbocycles. The van der Waals surface area contributed by atoms with Crippen LogP contribution in [0.2, 0.25) is 0 Å². The third-order valence-electron chi connectivity index (χ3n) is 4.13. The topological polar surface area (TPSA) is 111 Å². The monoisotopic (exact) mass is 392 g/mol. The van der Waals surface area contributed by atoms with E-state index in [-0.39, 0.29) is 11.5 Å². The summed E-state index contributed by atoms with van der Waals surface area (Å²) < 4.78 is 40.8. The van der Waals surface area contributed by atoms with Crippen LogP contribution in [0.5, 0.6) is 0 Å². The lowest BCUT2D eigenvalue weighted by Gasteiger charge is -2.11. The summed E-state index contributed by atoms with van der Waals surface area (Å²) in [5.74, 6) is -0.379. The van der Waals surface area contributed by atoms with E-state index in [9.17, 15) is 18.0 Å². The van der Waals surface area contributed by atoms with Gasteiger partial charge in [0.15, 0.2) is 5.82 Å². The average Bonchev–Trinajstić information content (AvgIpc) is 3.02. The first-order valence-electron chi connectivity index (χ1n) is 8.59. The van der Waals surface area contributed by atoms with Crippen LogP contribution in [0.3, 0.4) is 0 Å². The molecule has 0 atom stereocenters. The number of anilines is 2. The Morgan fingerprint density at radius 1 is 1.18 bits per heavy atom. The zero-order chi connectivity index (χ0) is 20.3. The van der Waals surface area contributed by atoms with Crippen molar-refractivity contribution in [2.24, 2.45) is 5.73 Å². The molecule has 7 nitrogen and oxygen atoms in total. The number of nitrogens with two attached hydrogens (primary N) is 2. The molecule has 0 radical (unpaired) electrons. The van der Waals surface area contributed by atoms with Crippen LogP contribution in [0.4, 0.5) is 24.8 Å². The molecule has 3 rings (SSSR count). The van der Waals surface area contributed by atoms with Gasteiger partial charge in [-0.3, -0.25) is 4.79 Å². The number of hydrogen-bond acceptors (Lipinski definition) is 5. The number of amides is 1. The Morgan fingerprint density at radius 2 is 1.96 bits per heavy atom. The third kappa shape index (κ3) is 4.39. The second-order valence-electron chi connectivity index (χ2n) is 6.26. The Hall–Kier alpha value is -3.14. The van der Waals surface area contributed by atoms with Crippen LogP contribution in [0.1, 0.15) is 24.8 Å². The van der Waals surface area contributed by atoms with Crippen molar-refractivity contribution in [1.29, 1.82) is 0 Å². The SMILES string of the molecule is NCCCCC(=O)Nc1cn2cc(-c3cnc(N)c(C(F)(F)F)c3)ccc2n1. The highest BCUT2D eigenvalue weighted by molar-refractivity contribution is 5.90. The molecule has 3 aromatic rings. The van der Waals surface area contributed by atoms with E-state index >= 15 is 0 Å². The Bertz CT molecular complexity index is 999. The highest BCUT2D eigenvalue weighted by atomic mass is 19.4. The van der Waals surface area contributed by atoms with Crippen molar-refractivity contribution in [3.05, 3.63) is 42.4 Å². The van der Waals surface area contributed by atoms with E-state index < -0.39 is 17.6 Å². The lowest BCUT2D eigenvalue weighted by atomic mass is 10.1. The lowest BCUT2D eigenvalue weighted by Crippen LogP contribution is -2.12. The summed E-state index contributed by atoms with van der Waals surface area (Å²) in [6, 6.07) is 4.23. The first kappa shape index (κ1) is 19.6. The predicted octanol–water partition coefficient (Wildman–Crippen LogP) is 3.06. The zero-order valence-corrected chi connectivity index (χ0v) is 14.8. The van der Waals surface area contributed by atoms with E-state index in [1.807, 2.05) is 0 Å². The van der Waals surface area contributed by atoms with Gasteiger partial charge in [-0.2, -0.15) is 13.2 Å². The number of carbonyl (C=O) groups is 1. The fourth-order valence-corrected chi connectivity index (χ4v) is 2.72. The maximum atomic E-state index is 13.1. The second kappa shape index (κ2) is 7.85. The molecule has 0 spiro atoms. The molecule has 1 amide bonds. The Kier molecular flexibility index (Phi) is 5.50. The summed E-state index contributed by atoms with van der Waals surface area (Å²) in [6.07, 6.45) is 1.68. The summed E-state index contributed by atoms with van der Waals surface area (Å²) in [7, 11) is 0. The molecule has 148 valence electrons. The van der Waals surface area contributed by atoms with E-state index in [1.54, 1.807) is 28.9 Å². The quantitative estimate of drug-likeness (QED) is 0.558. The number of hydrogen-bond donors (Lipinski definition) is 3. The number of fused-ring (bicyclic) bond motifs is 1. The van der Waals surface area contributed by atoms with E-state index in [0.717, 1.165) is 12.5 Å². The minimum atomic E-state index is -4.59. The van der Waals surface area contributed by atoms with Crippen LogP contribution in [0.15, 0.2) is 36.8 Å². The van der Waals surface area contributed by atoms with Crippen molar-refractivity contribution < 1.29 is 18.0 Å². The largest absolute Gasteiger partial charge is 0.419 e. The Morgan fingerprint density at radius 3 is 2.68 bits per heavy atom. The van der Waals surface area contributed by atoms with Crippen molar-refractivity contribution in [2.45, 2.75) is 25.4 Å². The second-order valence-corrected chi connectivity index (χ2v) is 6.26. The predicted molar refractivity (Wildman–Crippen MR) is 99.4 cm³/mol. The van der Waals surface area contributed by atoms with E-state index in [2.05, 4.69) is 15.3 Å². The molecule has 0 fully saturated rings. The molecule has 0 saturated carbocycles. The molecule has 3 heterocycles. The smallest absolute Gasteiger partial charge is 0.383 e. The number of nitrogens with zero attached hydrogens (tertiary/aromatic N) is 3. The number of pyridine rings is 2. The van der Waals surface area contributed by atoms with Gasteiger partial charge in [-0.1, -0.05) is 0 Å². The van der Waals surface area contributed by atoms with Gasteiger partial charge >= 0.3 is 6.18 Å². The maximum absolute atomic E-state index is 13.1. The zero-order valence-electron chi connectivity index (χ0n) is 14.8. The maximum Gasteiger partial charge on any atom is 0.419 e. The van der Waals surface area contributed by atoms with Crippen LogP contribution >= 0.6 is 0 Å². The summed E-state index contributed by atoms with van der Waals surface area (Å²) in [5.41, 5.74) is 11.1. The summed E-state index contributed by atoms with van der Waals surface area (Å²) in [4.78, 5) is 19.8. The van der Waals surface area contributed by atoms with Gasteiger partial charge in [-0.05, 0) is 37.6 Å². The van der Waals surface area contributed by atoms with E-state index in [4.69, 9.17) is 11.5 Å². The Balaban J connectivity index is 1.84. The molecule has 28 heavy (non-hydrogen) atoms. The van der Waals surface area contributed by atoms with Gasteiger partial charge < -0.3 is 21.2 Å². The number of alkyl halides is 3. The molecule has 5 N–H and O–H groups in total. The fraction of sp³-hybridized carbons (Fsp3) is 0.278. The molecule has 0 aliphatic rings. The van der Waals surface area contributed by atoms with Crippen LogP contribution in [-0.4, -0.2) is 26.8 Å². The average molecular weight is 392 g/mol. The molecule has 0 aliphatic carbocycles. The Labute approximate surface area is 158 Å². The number of rotatable bonds is 6. The van der Waals surface area contributed by atoms with Crippen LogP contribution in [0, 0.1) is 0 Å². The molecular formula is C18H19F3N6O. The summed E-state index contributed by atoms with van der Waals surface area (Å²) in [5, 5.41) is 2.70. The number of aromatic nitrogens is 3. The van der Waals surface area contributed by atoms with Gasteiger partial charge in [-0.15, -0.1) is 0 Å². The van der Waals surface area contributed by atoms with Crippen molar-refractivity contribution in [3.63, 3.8) is 0 Å². The van der Waals surface area contributed by atoms with Gasteiger partial charge in [-0.25, -0.2) is 9.97 Å². The van der Waals surface area contributed by atoms with Crippen molar-refractivity contribution in [1.82, 2.24) is 14.4 Å². The van der Waals surface area contributed by atoms with Gasteiger partial charge in [0.1, 0.15) is 11.5 Å². The highest BCUT2D eigenvalue weighted by Crippen LogP contribution is 2.35. The molecule has 0 aliphatic heterocycles. The number of nitrogens with one attached hydrogen (secondary N) is 1. The molecule has 0 saturated heterocycles. The van der Waals surface area contributed by atoms with Gasteiger partial charge in [0.05, 0.1) is 11.8 Å². The standard InChI is InChI=1S/C18H19F3N6O/c19-18(20,21)13-7-12(8-24-17(13)23)11-4-5-15-25-14(10-27(15)9-11)26-16(28)3-1-2-6-22/h4-5,7-10H,1-3,6,22H2,(H2,23,24)(H,26,28). The lowest BCUT2D eigenvalue weighted by molar-refractivity contribution is -0.137. The number of nitrogen functional groups attached to an aromatic ring is 1. The molecular weight excluding hydrogens is 373 g/mol. The minimum Gasteiger partial charge on any atom is -0.383 e. The van der Waals surface area contributed by atoms with E-state index in [1.165, 1.54) is 6.20 Å². The van der Waals surface area contributed by atoms with Crippen LogP contribution in [-0.2, 0) is 11.0 Å². The summed E-state index contributed by atoms with van der Waals surface area (Å²) >= 11 is 0. The first-order valence-corrected chi connectivity index (χ1v) is 8.59. The van der Waals surface area contributed by atoms with Crippen molar-refractivity contribution in [2.75, 3.05) is 17.6 Å². The van der Waals surface area contributed by atoms with Gasteiger partial charge in [0, 0.05) is 29.9 Å². The highest BCUT2D eigenvalue weighted by Gasteiger charge is 2.34. The van der Waals surface area contributed by atoms with Crippen LogP contribution in [0.25, 0.3) is 16.8 Å². The first-order chi connectivity index (χ1) is 13.3. The molecule has 0 unspecified atom stereocenters. The number of halogens is 3.